The quantitative estimate of drug-likeness (QED) is 0.0781. The number of hydrogen-bond acceptors (Lipinski definition) is 12. The van der Waals surface area contributed by atoms with Crippen LogP contribution in [0.25, 0.3) is 10.8 Å². The number of rotatable bonds is 7. The van der Waals surface area contributed by atoms with Gasteiger partial charge in [0.25, 0.3) is 20.2 Å². The molecule has 6 N–H and O–H groups in total. The molecule has 16 heteroatoms. The van der Waals surface area contributed by atoms with Crippen LogP contribution in [0.4, 0.5) is 17.1 Å². The average Bonchev–Trinajstić information content (AvgIpc) is 2.70. The van der Waals surface area contributed by atoms with Crippen molar-refractivity contribution in [3.05, 3.63) is 42.5 Å². The number of hydrogen-bond donors (Lipinski definition) is 5. The highest BCUT2D eigenvalue weighted by Crippen LogP contribution is 2.42. The van der Waals surface area contributed by atoms with Crippen LogP contribution in [0.1, 0.15) is 0 Å². The number of anilines is 1. The molecule has 13 nitrogen and oxygen atoms in total. The highest BCUT2D eigenvalue weighted by atomic mass is 32.2. The summed E-state index contributed by atoms with van der Waals surface area (Å²) in [4.78, 5) is -1.38. The molecule has 3 aromatic rings. The summed E-state index contributed by atoms with van der Waals surface area (Å²) in [6.07, 6.45) is 0. The number of nitrogens with zero attached hydrogens (tertiary/aromatic N) is 2. The molecule has 3 aromatic carbocycles. The van der Waals surface area contributed by atoms with Gasteiger partial charge in [-0.15, -0.1) is 14.6 Å². The summed E-state index contributed by atoms with van der Waals surface area (Å²) in [7, 11) is -9.54. The fourth-order valence-corrected chi connectivity index (χ4v) is 4.20. The number of azo groups is 1. The maximum Gasteiger partial charge on any atom is 0.296 e. The Kier molecular flexibility index (Phi) is 6.67. The van der Waals surface area contributed by atoms with Crippen LogP contribution < -0.4 is 5.73 Å². The first kappa shape index (κ1) is 23.8. The van der Waals surface area contributed by atoms with Gasteiger partial charge in [-0.25, -0.2) is 5.26 Å². The van der Waals surface area contributed by atoms with Gasteiger partial charge in [-0.1, -0.05) is 5.04 Å². The molecule has 0 radical (unpaired) electrons. The van der Waals surface area contributed by atoms with Gasteiger partial charge in [0.2, 0.25) is 0 Å². The topological polar surface area (TPSA) is 218 Å². The normalized spacial score (nSPS) is 12.6. The summed E-state index contributed by atoms with van der Waals surface area (Å²) >= 11 is 0.373. The molecular weight excluding hydrogens is 490 g/mol. The standard InChI is InChI=1S/C16H13N3O10S3/c17-9-1-3-11-8(5-9)6-14(32(25,26)27)15(16(11)20)19-18-12-7-10(31(22,23)24)2-4-13(12)30-29-28-21/h1-7,20-21H,17H2,(H,22,23,24)(H,25,26,27). The molecule has 3 rings (SSSR count). The van der Waals surface area contributed by atoms with Crippen LogP contribution in [0.5, 0.6) is 5.75 Å². The van der Waals surface area contributed by atoms with Gasteiger partial charge in [-0.2, -0.15) is 16.8 Å². The van der Waals surface area contributed by atoms with Crippen LogP contribution >= 0.6 is 12.0 Å². The summed E-state index contributed by atoms with van der Waals surface area (Å²) in [6, 6.07) is 8.16. The fraction of sp³-hybridized carbons (Fsp3) is 0. The molecule has 0 amide bonds. The Balaban J connectivity index is 2.23. The van der Waals surface area contributed by atoms with Crippen molar-refractivity contribution >= 4 is 60.1 Å². The Morgan fingerprint density at radius 2 is 1.66 bits per heavy atom. The van der Waals surface area contributed by atoms with Crippen molar-refractivity contribution in [2.24, 2.45) is 10.2 Å². The largest absolute Gasteiger partial charge is 0.505 e. The Morgan fingerprint density at radius 1 is 0.938 bits per heavy atom. The summed E-state index contributed by atoms with van der Waals surface area (Å²) in [5.74, 6) is -0.658. The van der Waals surface area contributed by atoms with Crippen LogP contribution in [0, 0.1) is 0 Å². The van der Waals surface area contributed by atoms with E-state index in [0.29, 0.717) is 12.0 Å². The highest BCUT2D eigenvalue weighted by molar-refractivity contribution is 7.94. The van der Waals surface area contributed by atoms with Gasteiger partial charge in [0.05, 0.1) is 21.8 Å². The molecule has 0 aliphatic rings. The lowest BCUT2D eigenvalue weighted by molar-refractivity contribution is -0.432. The van der Waals surface area contributed by atoms with Gasteiger partial charge in [0, 0.05) is 11.1 Å². The third-order valence-electron chi connectivity index (χ3n) is 3.99. The van der Waals surface area contributed by atoms with E-state index in [4.69, 9.17) is 11.0 Å². The van der Waals surface area contributed by atoms with E-state index in [1.165, 1.54) is 18.2 Å². The minimum absolute atomic E-state index is 0.0108. The highest BCUT2D eigenvalue weighted by Gasteiger charge is 2.22. The number of phenols is 1. The molecule has 0 aromatic heterocycles. The lowest BCUT2D eigenvalue weighted by Crippen LogP contribution is -1.99. The molecule has 0 bridgehead atoms. The fourth-order valence-electron chi connectivity index (χ4n) is 2.63. The van der Waals surface area contributed by atoms with Crippen molar-refractivity contribution in [2.45, 2.75) is 14.7 Å². The molecule has 170 valence electrons. The second-order valence-electron chi connectivity index (χ2n) is 6.06. The van der Waals surface area contributed by atoms with E-state index >= 15 is 0 Å². The van der Waals surface area contributed by atoms with Gasteiger partial charge in [0.15, 0.2) is 5.75 Å². The van der Waals surface area contributed by atoms with Crippen LogP contribution in [0.3, 0.4) is 0 Å². The zero-order valence-corrected chi connectivity index (χ0v) is 17.9. The van der Waals surface area contributed by atoms with Crippen molar-refractivity contribution in [1.82, 2.24) is 0 Å². The summed E-state index contributed by atoms with van der Waals surface area (Å²) < 4.78 is 69.7. The Morgan fingerprint density at radius 3 is 2.28 bits per heavy atom. The number of fused-ring (bicyclic) bond motifs is 1. The minimum Gasteiger partial charge on any atom is -0.505 e. The summed E-state index contributed by atoms with van der Waals surface area (Å²) in [5, 5.41) is 30.1. The molecule has 0 spiro atoms. The molecule has 0 fully saturated rings. The maximum atomic E-state index is 11.9. The predicted octanol–water partition coefficient (Wildman–Crippen LogP) is 3.46. The van der Waals surface area contributed by atoms with Crippen LogP contribution in [0.2, 0.25) is 0 Å². The van der Waals surface area contributed by atoms with Crippen LogP contribution in [-0.4, -0.2) is 36.3 Å². The molecule has 0 saturated carbocycles. The monoisotopic (exact) mass is 503 g/mol. The van der Waals surface area contributed by atoms with E-state index in [-0.39, 0.29) is 27.0 Å². The van der Waals surface area contributed by atoms with Crippen molar-refractivity contribution < 1.29 is 45.7 Å². The Labute approximate surface area is 184 Å². The van der Waals surface area contributed by atoms with Gasteiger partial charge in [-0.3, -0.25) is 9.11 Å². The Hall–Kier alpha value is -2.83. The second-order valence-corrected chi connectivity index (χ2v) is 9.61. The minimum atomic E-state index is -4.89. The number of nitrogen functional groups attached to an aromatic ring is 1. The average molecular weight is 503 g/mol. The van der Waals surface area contributed by atoms with Crippen molar-refractivity contribution in [3.63, 3.8) is 0 Å². The summed E-state index contributed by atoms with van der Waals surface area (Å²) in [6.45, 7) is 0. The van der Waals surface area contributed by atoms with E-state index in [1.807, 2.05) is 0 Å². The molecule has 32 heavy (non-hydrogen) atoms. The van der Waals surface area contributed by atoms with Gasteiger partial charge in [0.1, 0.15) is 16.3 Å². The number of benzene rings is 3. The summed E-state index contributed by atoms with van der Waals surface area (Å²) in [5.41, 5.74) is 4.98. The predicted molar refractivity (Wildman–Crippen MR) is 111 cm³/mol. The maximum absolute atomic E-state index is 11.9. The second kappa shape index (κ2) is 8.96. The first-order valence-corrected chi connectivity index (χ1v) is 11.7. The van der Waals surface area contributed by atoms with E-state index in [9.17, 15) is 31.0 Å². The van der Waals surface area contributed by atoms with Gasteiger partial charge in [-0.05, 0) is 47.9 Å². The smallest absolute Gasteiger partial charge is 0.296 e. The van der Waals surface area contributed by atoms with E-state index in [1.54, 1.807) is 0 Å². The lowest BCUT2D eigenvalue weighted by Gasteiger charge is -2.10. The van der Waals surface area contributed by atoms with Gasteiger partial charge >= 0.3 is 0 Å². The van der Waals surface area contributed by atoms with Crippen LogP contribution in [0.15, 0.2) is 67.4 Å². The SMILES string of the molecule is Nc1ccc2c(O)c(N=Nc3cc(S(=O)(=O)O)ccc3SOOO)c(S(=O)(=O)O)cc2c1. The molecule has 0 atom stereocenters. The zero-order valence-electron chi connectivity index (χ0n) is 15.5. The molecule has 0 heterocycles. The molecule has 0 aliphatic heterocycles. The van der Waals surface area contributed by atoms with Gasteiger partial charge < -0.3 is 10.8 Å². The van der Waals surface area contributed by atoms with E-state index in [0.717, 1.165) is 24.3 Å². The zero-order chi connectivity index (χ0) is 23.7. The molecular formula is C16H13N3O10S3. The van der Waals surface area contributed by atoms with Crippen molar-refractivity contribution in [3.8, 4) is 5.75 Å². The number of phenolic OH excluding ortho intramolecular Hbond substituents is 1. The third kappa shape index (κ3) is 5.14. The molecule has 0 saturated heterocycles. The van der Waals surface area contributed by atoms with E-state index < -0.39 is 41.5 Å². The Bertz CT molecular complexity index is 1440. The lowest BCUT2D eigenvalue weighted by atomic mass is 10.1. The third-order valence-corrected chi connectivity index (χ3v) is 6.36. The first-order chi connectivity index (χ1) is 14.9. The number of aromatic hydroxyl groups is 1. The first-order valence-electron chi connectivity index (χ1n) is 8.12. The molecule has 0 aliphatic carbocycles. The van der Waals surface area contributed by atoms with E-state index in [2.05, 4.69) is 19.6 Å². The van der Waals surface area contributed by atoms with Crippen LogP contribution in [-0.2, 0) is 29.6 Å². The van der Waals surface area contributed by atoms with Crippen molar-refractivity contribution in [1.29, 1.82) is 0 Å². The molecule has 0 unspecified atom stereocenters. The van der Waals surface area contributed by atoms with Crippen molar-refractivity contribution in [2.75, 3.05) is 5.73 Å². The number of nitrogens with two attached hydrogens (primary N) is 1.